The second kappa shape index (κ2) is 6.34. The summed E-state index contributed by atoms with van der Waals surface area (Å²) >= 11 is 0. The highest BCUT2D eigenvalue weighted by Gasteiger charge is 2.35. The monoisotopic (exact) mass is 298 g/mol. The molecule has 22 heavy (non-hydrogen) atoms. The maximum Gasteiger partial charge on any atom is 0.226 e. The molecule has 116 valence electrons. The SMILES string of the molecule is C=CCN(C[C@@H]1CC(c2ccccc2C)=NO1)C(=O)C1CC1. The van der Waals surface area contributed by atoms with E-state index in [-0.39, 0.29) is 17.9 Å². The van der Waals surface area contributed by atoms with E-state index in [4.69, 9.17) is 4.84 Å². The molecule has 1 aliphatic heterocycles. The van der Waals surface area contributed by atoms with E-state index >= 15 is 0 Å². The Kier molecular flexibility index (Phi) is 4.27. The van der Waals surface area contributed by atoms with Gasteiger partial charge in [-0.15, -0.1) is 6.58 Å². The van der Waals surface area contributed by atoms with Crippen LogP contribution in [0.4, 0.5) is 0 Å². The number of nitrogens with zero attached hydrogens (tertiary/aromatic N) is 2. The van der Waals surface area contributed by atoms with Gasteiger partial charge in [-0.1, -0.05) is 35.5 Å². The number of carbonyl (C=O) groups excluding carboxylic acids is 1. The summed E-state index contributed by atoms with van der Waals surface area (Å²) in [5.74, 6) is 0.450. The molecule has 1 aromatic carbocycles. The first-order valence-electron chi connectivity index (χ1n) is 7.87. The third-order valence-electron chi connectivity index (χ3n) is 4.20. The van der Waals surface area contributed by atoms with E-state index in [1.165, 1.54) is 5.56 Å². The maximum atomic E-state index is 12.3. The van der Waals surface area contributed by atoms with Crippen LogP contribution in [0.25, 0.3) is 0 Å². The molecule has 0 spiro atoms. The molecule has 0 bridgehead atoms. The van der Waals surface area contributed by atoms with Gasteiger partial charge in [-0.25, -0.2) is 0 Å². The summed E-state index contributed by atoms with van der Waals surface area (Å²) in [5.41, 5.74) is 3.30. The lowest BCUT2D eigenvalue weighted by Crippen LogP contribution is -2.38. The number of carbonyl (C=O) groups is 1. The molecule has 0 unspecified atom stereocenters. The minimum absolute atomic E-state index is 0.0581. The lowest BCUT2D eigenvalue weighted by atomic mass is 10.0. The van der Waals surface area contributed by atoms with Gasteiger partial charge in [0.05, 0.1) is 12.3 Å². The zero-order valence-electron chi connectivity index (χ0n) is 13.0. The maximum absolute atomic E-state index is 12.3. The lowest BCUT2D eigenvalue weighted by molar-refractivity contribution is -0.133. The Hall–Kier alpha value is -2.10. The third kappa shape index (κ3) is 3.21. The number of hydrogen-bond acceptors (Lipinski definition) is 3. The first kappa shape index (κ1) is 14.8. The second-order valence-electron chi connectivity index (χ2n) is 6.09. The van der Waals surface area contributed by atoms with Crippen molar-refractivity contribution in [2.24, 2.45) is 11.1 Å². The first-order valence-corrected chi connectivity index (χ1v) is 7.87. The predicted octanol–water partition coefficient (Wildman–Crippen LogP) is 2.91. The minimum Gasteiger partial charge on any atom is -0.390 e. The molecule has 0 N–H and O–H groups in total. The van der Waals surface area contributed by atoms with Gasteiger partial charge in [-0.3, -0.25) is 4.79 Å². The quantitative estimate of drug-likeness (QED) is 0.758. The molecule has 0 saturated heterocycles. The van der Waals surface area contributed by atoms with Crippen LogP contribution < -0.4 is 0 Å². The number of aryl methyl sites for hydroxylation is 1. The van der Waals surface area contributed by atoms with Gasteiger partial charge in [0.2, 0.25) is 5.91 Å². The molecule has 2 aliphatic rings. The fourth-order valence-electron chi connectivity index (χ4n) is 2.83. The van der Waals surface area contributed by atoms with Crippen LogP contribution in [0.5, 0.6) is 0 Å². The van der Waals surface area contributed by atoms with Gasteiger partial charge in [0.15, 0.2) is 6.10 Å². The molecule has 1 amide bonds. The highest BCUT2D eigenvalue weighted by Crippen LogP contribution is 2.31. The summed E-state index contributed by atoms with van der Waals surface area (Å²) in [4.78, 5) is 19.7. The summed E-state index contributed by atoms with van der Waals surface area (Å²) in [6.45, 7) is 6.99. The van der Waals surface area contributed by atoms with Crippen LogP contribution in [-0.2, 0) is 9.63 Å². The second-order valence-corrected chi connectivity index (χ2v) is 6.09. The fraction of sp³-hybridized carbons (Fsp3) is 0.444. The molecule has 0 radical (unpaired) electrons. The molecule has 1 fully saturated rings. The average Bonchev–Trinajstić information content (AvgIpc) is 3.27. The van der Waals surface area contributed by atoms with E-state index in [1.807, 2.05) is 17.0 Å². The summed E-state index contributed by atoms with van der Waals surface area (Å²) in [6, 6.07) is 8.17. The Morgan fingerprint density at radius 2 is 2.23 bits per heavy atom. The normalized spacial score (nSPS) is 20.2. The van der Waals surface area contributed by atoms with Crippen LogP contribution in [-0.4, -0.2) is 35.7 Å². The van der Waals surface area contributed by atoms with E-state index in [0.29, 0.717) is 13.1 Å². The summed E-state index contributed by atoms with van der Waals surface area (Å²) < 4.78 is 0. The third-order valence-corrected chi connectivity index (χ3v) is 4.20. The molecule has 1 aliphatic carbocycles. The molecule has 1 aromatic rings. The van der Waals surface area contributed by atoms with E-state index in [2.05, 4.69) is 30.8 Å². The summed E-state index contributed by atoms with van der Waals surface area (Å²) in [5, 5.41) is 4.23. The van der Waals surface area contributed by atoms with E-state index < -0.39 is 0 Å². The highest BCUT2D eigenvalue weighted by atomic mass is 16.6. The Morgan fingerprint density at radius 3 is 2.91 bits per heavy atom. The smallest absolute Gasteiger partial charge is 0.226 e. The zero-order chi connectivity index (χ0) is 15.5. The van der Waals surface area contributed by atoms with Gasteiger partial charge in [0.25, 0.3) is 0 Å². The van der Waals surface area contributed by atoms with Crippen LogP contribution in [0, 0.1) is 12.8 Å². The molecule has 0 aromatic heterocycles. The van der Waals surface area contributed by atoms with E-state index in [1.54, 1.807) is 6.08 Å². The minimum atomic E-state index is -0.0581. The van der Waals surface area contributed by atoms with Crippen molar-refractivity contribution in [1.82, 2.24) is 4.90 Å². The Labute approximate surface area is 131 Å². The Morgan fingerprint density at radius 1 is 1.45 bits per heavy atom. The number of oxime groups is 1. The number of benzene rings is 1. The van der Waals surface area contributed by atoms with Crippen molar-refractivity contribution in [3.8, 4) is 0 Å². The summed E-state index contributed by atoms with van der Waals surface area (Å²) in [7, 11) is 0. The lowest BCUT2D eigenvalue weighted by Gasteiger charge is -2.23. The molecule has 1 heterocycles. The predicted molar refractivity (Wildman–Crippen MR) is 86.7 cm³/mol. The van der Waals surface area contributed by atoms with Gasteiger partial charge in [-0.05, 0) is 25.3 Å². The van der Waals surface area contributed by atoms with Crippen LogP contribution in [0.15, 0.2) is 42.1 Å². The van der Waals surface area contributed by atoms with Crippen molar-refractivity contribution in [3.63, 3.8) is 0 Å². The van der Waals surface area contributed by atoms with Gasteiger partial charge in [0.1, 0.15) is 0 Å². The topological polar surface area (TPSA) is 41.9 Å². The molecule has 1 saturated carbocycles. The fourth-order valence-corrected chi connectivity index (χ4v) is 2.83. The van der Waals surface area contributed by atoms with Crippen molar-refractivity contribution >= 4 is 11.6 Å². The van der Waals surface area contributed by atoms with Gasteiger partial charge in [0, 0.05) is 24.4 Å². The first-order chi connectivity index (χ1) is 10.7. The molecular weight excluding hydrogens is 276 g/mol. The standard InChI is InChI=1S/C18H22N2O2/c1-3-10-20(18(21)14-8-9-14)12-15-11-17(19-22-15)16-7-5-4-6-13(16)2/h3-7,14-15H,1,8-12H2,2H3/t15-/m0/s1. The average molecular weight is 298 g/mol. The van der Waals surface area contributed by atoms with Gasteiger partial charge in [-0.2, -0.15) is 0 Å². The Bertz CT molecular complexity index is 605. The molecule has 4 heteroatoms. The molecule has 3 rings (SSSR count). The van der Waals surface area contributed by atoms with Crippen molar-refractivity contribution in [3.05, 3.63) is 48.0 Å². The number of hydrogen-bond donors (Lipinski definition) is 0. The number of rotatable bonds is 6. The number of amides is 1. The van der Waals surface area contributed by atoms with E-state index in [0.717, 1.165) is 30.5 Å². The molecular formula is C18H22N2O2. The van der Waals surface area contributed by atoms with E-state index in [9.17, 15) is 4.79 Å². The Balaban J connectivity index is 1.62. The van der Waals surface area contributed by atoms with Crippen LogP contribution in [0.3, 0.4) is 0 Å². The molecule has 1 atom stereocenters. The van der Waals surface area contributed by atoms with Gasteiger partial charge < -0.3 is 9.74 Å². The largest absolute Gasteiger partial charge is 0.390 e. The van der Waals surface area contributed by atoms with Crippen LogP contribution in [0.2, 0.25) is 0 Å². The van der Waals surface area contributed by atoms with Crippen molar-refractivity contribution in [1.29, 1.82) is 0 Å². The van der Waals surface area contributed by atoms with Gasteiger partial charge >= 0.3 is 0 Å². The zero-order valence-corrected chi connectivity index (χ0v) is 13.0. The van der Waals surface area contributed by atoms with Crippen molar-refractivity contribution in [2.45, 2.75) is 32.3 Å². The van der Waals surface area contributed by atoms with Crippen molar-refractivity contribution in [2.75, 3.05) is 13.1 Å². The van der Waals surface area contributed by atoms with Crippen molar-refractivity contribution < 1.29 is 9.63 Å². The van der Waals surface area contributed by atoms with Crippen LogP contribution >= 0.6 is 0 Å². The summed E-state index contributed by atoms with van der Waals surface area (Å²) in [6.07, 6.45) is 4.50. The molecule has 4 nitrogen and oxygen atoms in total. The highest BCUT2D eigenvalue weighted by molar-refractivity contribution is 6.02. The van der Waals surface area contributed by atoms with Crippen LogP contribution in [0.1, 0.15) is 30.4 Å².